The molecule has 2 aromatic carbocycles. The molecule has 2 rings (SSSR count). The van der Waals surface area contributed by atoms with Gasteiger partial charge in [0, 0.05) is 13.6 Å². The molecule has 0 unspecified atom stereocenters. The summed E-state index contributed by atoms with van der Waals surface area (Å²) in [7, 11) is 0. The second kappa shape index (κ2) is 6.00. The molecule has 0 aliphatic carbocycles. The van der Waals surface area contributed by atoms with Gasteiger partial charge in [0.25, 0.3) is 5.91 Å². The molecule has 0 spiro atoms. The third-order valence-corrected chi connectivity index (χ3v) is 3.97. The molecular weight excluding hydrogens is 424 g/mol. The number of carbonyl (C=O) groups is 1. The Kier molecular flexibility index (Phi) is 4.57. The number of nitrogens with one attached hydrogen (secondary N) is 1. The predicted octanol–water partition coefficient (Wildman–Crippen LogP) is 4.75. The highest BCUT2D eigenvalue weighted by atomic mass is 127. The zero-order valence-corrected chi connectivity index (χ0v) is 13.7. The molecule has 0 saturated heterocycles. The Morgan fingerprint density at radius 1 is 1.26 bits per heavy atom. The van der Waals surface area contributed by atoms with Gasteiger partial charge in [-0.15, -0.1) is 0 Å². The molecule has 19 heavy (non-hydrogen) atoms. The van der Waals surface area contributed by atoms with Crippen LogP contribution in [0.25, 0.3) is 0 Å². The van der Waals surface area contributed by atoms with E-state index in [1.807, 2.05) is 18.2 Å². The molecule has 0 bridgehead atoms. The summed E-state index contributed by atoms with van der Waals surface area (Å²) in [5.41, 5.74) is 1.48. The summed E-state index contributed by atoms with van der Waals surface area (Å²) in [6.45, 7) is 1.66. The van der Waals surface area contributed by atoms with Crippen LogP contribution in [0.1, 0.15) is 15.9 Å². The smallest absolute Gasteiger partial charge is 0.255 e. The van der Waals surface area contributed by atoms with Gasteiger partial charge < -0.3 is 5.32 Å². The lowest BCUT2D eigenvalue weighted by Crippen LogP contribution is -2.12. The van der Waals surface area contributed by atoms with Crippen molar-refractivity contribution in [3.05, 3.63) is 61.4 Å². The first-order valence-electron chi connectivity index (χ1n) is 5.50. The maximum Gasteiger partial charge on any atom is 0.255 e. The number of halogens is 3. The van der Waals surface area contributed by atoms with Crippen molar-refractivity contribution in [1.82, 2.24) is 0 Å². The van der Waals surface area contributed by atoms with Gasteiger partial charge in [-0.05, 0) is 81.3 Å². The van der Waals surface area contributed by atoms with Gasteiger partial charge >= 0.3 is 0 Å². The Morgan fingerprint density at radius 3 is 2.68 bits per heavy atom. The number of hydrogen-bond acceptors (Lipinski definition) is 1. The van der Waals surface area contributed by atoms with Crippen molar-refractivity contribution in [2.24, 2.45) is 0 Å². The van der Waals surface area contributed by atoms with Crippen molar-refractivity contribution >= 4 is 50.1 Å². The number of benzene rings is 2. The Labute approximate surface area is 132 Å². The van der Waals surface area contributed by atoms with Crippen LogP contribution in [-0.4, -0.2) is 5.91 Å². The molecule has 0 fully saturated rings. The van der Waals surface area contributed by atoms with E-state index in [1.54, 1.807) is 19.1 Å². The molecule has 0 heterocycles. The minimum atomic E-state index is -0.380. The summed E-state index contributed by atoms with van der Waals surface area (Å²) in [5, 5.41) is 2.76. The molecule has 0 aliphatic heterocycles. The van der Waals surface area contributed by atoms with E-state index < -0.39 is 0 Å². The fourth-order valence-electron chi connectivity index (χ4n) is 1.52. The fraction of sp³-hybridized carbons (Fsp3) is 0.0714. The minimum absolute atomic E-state index is 0.300. The SMILES string of the molecule is Cc1ccc(C(=O)Nc2cc(I)ccc2Br)cc1F. The van der Waals surface area contributed by atoms with Gasteiger partial charge in [-0.1, -0.05) is 6.07 Å². The summed E-state index contributed by atoms with van der Waals surface area (Å²) in [6.07, 6.45) is 0. The van der Waals surface area contributed by atoms with E-state index in [-0.39, 0.29) is 11.7 Å². The van der Waals surface area contributed by atoms with Crippen molar-refractivity contribution in [3.8, 4) is 0 Å². The first kappa shape index (κ1) is 14.5. The third-order valence-electron chi connectivity index (χ3n) is 2.61. The first-order valence-corrected chi connectivity index (χ1v) is 7.37. The lowest BCUT2D eigenvalue weighted by molar-refractivity contribution is 0.102. The lowest BCUT2D eigenvalue weighted by atomic mass is 10.1. The standard InChI is InChI=1S/C14H10BrFINO/c1-8-2-3-9(6-12(8)16)14(19)18-13-7-10(17)4-5-11(13)15/h2-7H,1H3,(H,18,19). The topological polar surface area (TPSA) is 29.1 Å². The van der Waals surface area contributed by atoms with Gasteiger partial charge in [0.15, 0.2) is 0 Å². The maximum atomic E-state index is 13.4. The highest BCUT2D eigenvalue weighted by molar-refractivity contribution is 14.1. The van der Waals surface area contributed by atoms with Crippen LogP contribution in [0.2, 0.25) is 0 Å². The molecule has 1 amide bonds. The van der Waals surface area contributed by atoms with E-state index in [0.29, 0.717) is 16.8 Å². The van der Waals surface area contributed by atoms with E-state index in [2.05, 4.69) is 43.8 Å². The molecule has 98 valence electrons. The largest absolute Gasteiger partial charge is 0.321 e. The van der Waals surface area contributed by atoms with E-state index in [1.165, 1.54) is 6.07 Å². The molecular formula is C14H10BrFINO. The molecule has 2 aromatic rings. The Hall–Kier alpha value is -0.950. The number of hydrogen-bond donors (Lipinski definition) is 1. The summed E-state index contributed by atoms with van der Waals surface area (Å²) in [4.78, 5) is 12.0. The molecule has 0 saturated carbocycles. The summed E-state index contributed by atoms with van der Waals surface area (Å²) >= 11 is 5.53. The molecule has 2 nitrogen and oxygen atoms in total. The minimum Gasteiger partial charge on any atom is -0.321 e. The van der Waals surface area contributed by atoms with Crippen LogP contribution in [0, 0.1) is 16.3 Å². The van der Waals surface area contributed by atoms with Gasteiger partial charge in [-0.25, -0.2) is 4.39 Å². The van der Waals surface area contributed by atoms with Crippen molar-refractivity contribution in [3.63, 3.8) is 0 Å². The second-order valence-corrected chi connectivity index (χ2v) is 6.14. The van der Waals surface area contributed by atoms with Crippen LogP contribution in [0.5, 0.6) is 0 Å². The van der Waals surface area contributed by atoms with Crippen LogP contribution in [-0.2, 0) is 0 Å². The average molecular weight is 434 g/mol. The van der Waals surface area contributed by atoms with Crippen LogP contribution in [0.15, 0.2) is 40.9 Å². The van der Waals surface area contributed by atoms with Gasteiger partial charge in [0.05, 0.1) is 5.69 Å². The van der Waals surface area contributed by atoms with E-state index in [4.69, 9.17) is 0 Å². The summed E-state index contributed by atoms with van der Waals surface area (Å²) in [5.74, 6) is -0.712. The maximum absolute atomic E-state index is 13.4. The Bertz CT molecular complexity index is 645. The van der Waals surface area contributed by atoms with Crippen molar-refractivity contribution in [2.75, 3.05) is 5.32 Å². The third kappa shape index (κ3) is 3.54. The van der Waals surface area contributed by atoms with E-state index in [9.17, 15) is 9.18 Å². The number of amides is 1. The van der Waals surface area contributed by atoms with Gasteiger partial charge in [-0.3, -0.25) is 4.79 Å². The molecule has 0 aliphatic rings. The number of rotatable bonds is 2. The summed E-state index contributed by atoms with van der Waals surface area (Å²) in [6, 6.07) is 10.1. The van der Waals surface area contributed by atoms with Gasteiger partial charge in [0.1, 0.15) is 5.82 Å². The predicted molar refractivity (Wildman–Crippen MR) is 85.9 cm³/mol. The van der Waals surface area contributed by atoms with Crippen molar-refractivity contribution in [1.29, 1.82) is 0 Å². The van der Waals surface area contributed by atoms with Crippen molar-refractivity contribution in [2.45, 2.75) is 6.92 Å². The summed E-state index contributed by atoms with van der Waals surface area (Å²) < 4.78 is 15.2. The fourth-order valence-corrected chi connectivity index (χ4v) is 2.36. The quantitative estimate of drug-likeness (QED) is 0.680. The highest BCUT2D eigenvalue weighted by Gasteiger charge is 2.10. The first-order chi connectivity index (χ1) is 8.97. The van der Waals surface area contributed by atoms with Crippen LogP contribution >= 0.6 is 38.5 Å². The number of aryl methyl sites for hydroxylation is 1. The zero-order valence-electron chi connectivity index (χ0n) is 10.0. The molecule has 0 radical (unpaired) electrons. The van der Waals surface area contributed by atoms with Crippen molar-refractivity contribution < 1.29 is 9.18 Å². The van der Waals surface area contributed by atoms with E-state index >= 15 is 0 Å². The monoisotopic (exact) mass is 433 g/mol. The number of carbonyl (C=O) groups excluding carboxylic acids is 1. The van der Waals surface area contributed by atoms with Gasteiger partial charge in [-0.2, -0.15) is 0 Å². The van der Waals surface area contributed by atoms with Gasteiger partial charge in [0.2, 0.25) is 0 Å². The zero-order chi connectivity index (χ0) is 14.0. The van der Waals surface area contributed by atoms with Crippen LogP contribution < -0.4 is 5.32 Å². The van der Waals surface area contributed by atoms with Crippen LogP contribution in [0.3, 0.4) is 0 Å². The highest BCUT2D eigenvalue weighted by Crippen LogP contribution is 2.25. The van der Waals surface area contributed by atoms with Crippen LogP contribution in [0.4, 0.5) is 10.1 Å². The Balaban J connectivity index is 2.25. The lowest BCUT2D eigenvalue weighted by Gasteiger charge is -2.08. The molecule has 5 heteroatoms. The normalized spacial score (nSPS) is 10.3. The van der Waals surface area contributed by atoms with E-state index in [0.717, 1.165) is 8.04 Å². The molecule has 0 aromatic heterocycles. The molecule has 1 N–H and O–H groups in total. The number of anilines is 1. The second-order valence-electron chi connectivity index (χ2n) is 4.04. The average Bonchev–Trinajstić information content (AvgIpc) is 2.37. The molecule has 0 atom stereocenters. The Morgan fingerprint density at radius 2 is 2.00 bits per heavy atom.